The third-order valence-corrected chi connectivity index (χ3v) is 4.43. The molecule has 0 aliphatic carbocycles. The van der Waals surface area contributed by atoms with Crippen molar-refractivity contribution >= 4 is 17.6 Å². The number of benzene rings is 1. The van der Waals surface area contributed by atoms with E-state index >= 15 is 0 Å². The van der Waals surface area contributed by atoms with Crippen molar-refractivity contribution in [3.05, 3.63) is 35.4 Å². The molecule has 1 aliphatic rings. The van der Waals surface area contributed by atoms with Crippen molar-refractivity contribution in [2.45, 2.75) is 24.7 Å². The van der Waals surface area contributed by atoms with Gasteiger partial charge in [-0.3, -0.25) is 0 Å². The molecule has 1 aromatic heterocycles. The maximum absolute atomic E-state index is 5.70. The van der Waals surface area contributed by atoms with Gasteiger partial charge < -0.3 is 5.73 Å². The SMILES string of the molecule is Cc1cc(-c2ccc3c(c2)CCCS3)nnc1N. The van der Waals surface area contributed by atoms with Crippen LogP contribution in [0.25, 0.3) is 11.3 Å². The summed E-state index contributed by atoms with van der Waals surface area (Å²) < 4.78 is 0. The average molecular weight is 257 g/mol. The summed E-state index contributed by atoms with van der Waals surface area (Å²) in [5.74, 6) is 1.74. The number of nitrogens with two attached hydrogens (primary N) is 1. The summed E-state index contributed by atoms with van der Waals surface area (Å²) in [5, 5.41) is 8.17. The number of anilines is 1. The van der Waals surface area contributed by atoms with Crippen molar-refractivity contribution in [1.82, 2.24) is 10.2 Å². The Hall–Kier alpha value is -1.55. The molecule has 92 valence electrons. The second-order valence-electron chi connectivity index (χ2n) is 4.57. The van der Waals surface area contributed by atoms with E-state index in [1.54, 1.807) is 0 Å². The number of rotatable bonds is 1. The Kier molecular flexibility index (Phi) is 2.96. The van der Waals surface area contributed by atoms with E-state index < -0.39 is 0 Å². The van der Waals surface area contributed by atoms with Crippen molar-refractivity contribution < 1.29 is 0 Å². The zero-order valence-corrected chi connectivity index (χ0v) is 11.1. The first-order valence-corrected chi connectivity index (χ1v) is 7.08. The van der Waals surface area contributed by atoms with Gasteiger partial charge in [0.05, 0.1) is 5.69 Å². The lowest BCUT2D eigenvalue weighted by Gasteiger charge is -2.15. The van der Waals surface area contributed by atoms with Crippen LogP contribution >= 0.6 is 11.8 Å². The van der Waals surface area contributed by atoms with Gasteiger partial charge in [0.15, 0.2) is 0 Å². The fourth-order valence-corrected chi connectivity index (χ4v) is 3.17. The molecule has 0 spiro atoms. The molecule has 1 aromatic carbocycles. The first-order valence-electron chi connectivity index (χ1n) is 6.10. The molecule has 0 saturated carbocycles. The molecule has 0 radical (unpaired) electrons. The summed E-state index contributed by atoms with van der Waals surface area (Å²) in [5.41, 5.74) is 10.1. The fraction of sp³-hybridized carbons (Fsp3) is 0.286. The number of nitrogens with zero attached hydrogens (tertiary/aromatic N) is 2. The van der Waals surface area contributed by atoms with E-state index in [4.69, 9.17) is 5.73 Å². The van der Waals surface area contributed by atoms with Crippen LogP contribution in [0.4, 0.5) is 5.82 Å². The molecule has 2 heterocycles. The van der Waals surface area contributed by atoms with Crippen molar-refractivity contribution in [2.75, 3.05) is 11.5 Å². The van der Waals surface area contributed by atoms with E-state index in [0.717, 1.165) is 23.2 Å². The zero-order valence-electron chi connectivity index (χ0n) is 10.3. The van der Waals surface area contributed by atoms with Crippen LogP contribution in [0.2, 0.25) is 0 Å². The van der Waals surface area contributed by atoms with Crippen molar-refractivity contribution in [1.29, 1.82) is 0 Å². The molecule has 3 rings (SSSR count). The minimum Gasteiger partial charge on any atom is -0.382 e. The minimum absolute atomic E-state index is 0.507. The van der Waals surface area contributed by atoms with Gasteiger partial charge in [-0.25, -0.2) is 0 Å². The predicted molar refractivity (Wildman–Crippen MR) is 75.7 cm³/mol. The van der Waals surface area contributed by atoms with Gasteiger partial charge in [0.25, 0.3) is 0 Å². The van der Waals surface area contributed by atoms with E-state index in [2.05, 4.69) is 28.4 Å². The summed E-state index contributed by atoms with van der Waals surface area (Å²) in [6.45, 7) is 1.96. The molecule has 0 bridgehead atoms. The lowest BCUT2D eigenvalue weighted by atomic mass is 10.0. The van der Waals surface area contributed by atoms with Gasteiger partial charge in [0.1, 0.15) is 5.82 Å². The van der Waals surface area contributed by atoms with Gasteiger partial charge in [-0.15, -0.1) is 22.0 Å². The highest BCUT2D eigenvalue weighted by Crippen LogP contribution is 2.32. The Morgan fingerprint density at radius 2 is 2.11 bits per heavy atom. The van der Waals surface area contributed by atoms with Crippen LogP contribution in [0.1, 0.15) is 17.5 Å². The first kappa shape index (κ1) is 11.5. The van der Waals surface area contributed by atoms with E-state index in [-0.39, 0.29) is 0 Å². The summed E-state index contributed by atoms with van der Waals surface area (Å²) in [7, 11) is 0. The van der Waals surface area contributed by atoms with Crippen LogP contribution in [0.15, 0.2) is 29.2 Å². The summed E-state index contributed by atoms with van der Waals surface area (Å²) in [6.07, 6.45) is 2.42. The summed E-state index contributed by atoms with van der Waals surface area (Å²) >= 11 is 1.94. The largest absolute Gasteiger partial charge is 0.382 e. The maximum Gasteiger partial charge on any atom is 0.149 e. The Labute approximate surface area is 111 Å². The highest BCUT2D eigenvalue weighted by Gasteiger charge is 2.11. The number of hydrogen-bond acceptors (Lipinski definition) is 4. The third-order valence-electron chi connectivity index (χ3n) is 3.23. The van der Waals surface area contributed by atoms with Gasteiger partial charge in [0.2, 0.25) is 0 Å². The van der Waals surface area contributed by atoms with Gasteiger partial charge in [-0.05, 0) is 54.8 Å². The Morgan fingerprint density at radius 3 is 2.94 bits per heavy atom. The molecular formula is C14H15N3S. The summed E-state index contributed by atoms with van der Waals surface area (Å²) in [6, 6.07) is 8.56. The predicted octanol–water partition coefficient (Wildman–Crippen LogP) is 3.07. The minimum atomic E-state index is 0.507. The van der Waals surface area contributed by atoms with Crippen LogP contribution in [0.3, 0.4) is 0 Å². The van der Waals surface area contributed by atoms with E-state index in [0.29, 0.717) is 5.82 Å². The van der Waals surface area contributed by atoms with Crippen LogP contribution < -0.4 is 5.73 Å². The maximum atomic E-state index is 5.70. The number of nitrogen functional groups attached to an aromatic ring is 1. The second kappa shape index (κ2) is 4.61. The van der Waals surface area contributed by atoms with Crippen molar-refractivity contribution in [2.24, 2.45) is 0 Å². The molecular weight excluding hydrogens is 242 g/mol. The topological polar surface area (TPSA) is 51.8 Å². The lowest BCUT2D eigenvalue weighted by molar-refractivity contribution is 0.890. The molecule has 0 fully saturated rings. The summed E-state index contributed by atoms with van der Waals surface area (Å²) in [4.78, 5) is 1.41. The average Bonchev–Trinajstić information content (AvgIpc) is 2.41. The van der Waals surface area contributed by atoms with Crippen molar-refractivity contribution in [3.63, 3.8) is 0 Å². The van der Waals surface area contributed by atoms with Gasteiger partial charge in [0, 0.05) is 10.5 Å². The number of thioether (sulfide) groups is 1. The van der Waals surface area contributed by atoms with E-state index in [9.17, 15) is 0 Å². The van der Waals surface area contributed by atoms with Crippen LogP contribution in [-0.4, -0.2) is 16.0 Å². The Morgan fingerprint density at radius 1 is 1.22 bits per heavy atom. The zero-order chi connectivity index (χ0) is 12.5. The molecule has 2 N–H and O–H groups in total. The quantitative estimate of drug-likeness (QED) is 0.853. The second-order valence-corrected chi connectivity index (χ2v) is 5.71. The van der Waals surface area contributed by atoms with E-state index in [1.165, 1.54) is 22.6 Å². The van der Waals surface area contributed by atoms with Crippen LogP contribution in [0, 0.1) is 6.92 Å². The third kappa shape index (κ3) is 2.08. The molecule has 1 aliphatic heterocycles. The molecule has 2 aromatic rings. The van der Waals surface area contributed by atoms with Crippen LogP contribution in [0.5, 0.6) is 0 Å². The molecule has 18 heavy (non-hydrogen) atoms. The van der Waals surface area contributed by atoms with Crippen LogP contribution in [-0.2, 0) is 6.42 Å². The molecule has 0 unspecified atom stereocenters. The highest BCUT2D eigenvalue weighted by atomic mass is 32.2. The molecule has 0 saturated heterocycles. The standard InChI is InChI=1S/C14H15N3S/c1-9-7-12(16-17-14(9)15)10-4-5-13-11(8-10)3-2-6-18-13/h4-5,7-8H,2-3,6H2,1H3,(H2,15,17). The molecule has 4 heteroatoms. The Balaban J connectivity index is 2.03. The Bertz CT molecular complexity index is 596. The molecule has 3 nitrogen and oxygen atoms in total. The molecule has 0 amide bonds. The number of hydrogen-bond donors (Lipinski definition) is 1. The van der Waals surface area contributed by atoms with E-state index in [1.807, 2.05) is 24.8 Å². The van der Waals surface area contributed by atoms with Gasteiger partial charge in [-0.2, -0.15) is 0 Å². The monoisotopic (exact) mass is 257 g/mol. The number of aromatic nitrogens is 2. The van der Waals surface area contributed by atoms with Crippen molar-refractivity contribution in [3.8, 4) is 11.3 Å². The number of fused-ring (bicyclic) bond motifs is 1. The first-order chi connectivity index (χ1) is 8.74. The number of aryl methyl sites for hydroxylation is 2. The van der Waals surface area contributed by atoms with Gasteiger partial charge in [-0.1, -0.05) is 6.07 Å². The normalized spacial score (nSPS) is 14.3. The molecule has 0 atom stereocenters. The fourth-order valence-electron chi connectivity index (χ4n) is 2.16. The van der Waals surface area contributed by atoms with Gasteiger partial charge >= 0.3 is 0 Å². The lowest BCUT2D eigenvalue weighted by Crippen LogP contribution is -2.00. The highest BCUT2D eigenvalue weighted by molar-refractivity contribution is 7.99. The smallest absolute Gasteiger partial charge is 0.149 e.